The van der Waals surface area contributed by atoms with E-state index in [0.717, 1.165) is 0 Å². The Morgan fingerprint density at radius 3 is 2.20 bits per heavy atom. The molecule has 0 aliphatic carbocycles. The van der Waals surface area contributed by atoms with Gasteiger partial charge in [-0.25, -0.2) is 29.4 Å². The smallest absolute Gasteiger partial charge is 0.211 e. The van der Waals surface area contributed by atoms with Crippen LogP contribution in [0.1, 0.15) is 19.8 Å². The lowest BCUT2D eigenvalue weighted by molar-refractivity contribution is 0.518. The van der Waals surface area contributed by atoms with Gasteiger partial charge in [-0.3, -0.25) is 0 Å². The molecule has 0 aromatic heterocycles. The van der Waals surface area contributed by atoms with Gasteiger partial charge in [0.25, 0.3) is 0 Å². The molecule has 0 N–H and O–H groups in total. The molecular weight excluding hydrogens is 198 g/mol. The van der Waals surface area contributed by atoms with Crippen LogP contribution in [-0.2, 0) is 14.4 Å². The Kier molecular flexibility index (Phi) is 7.64. The van der Waals surface area contributed by atoms with Crippen molar-refractivity contribution in [1.29, 1.82) is 0 Å². The van der Waals surface area contributed by atoms with Crippen molar-refractivity contribution in [3.05, 3.63) is 0 Å². The lowest BCUT2D eigenvalue weighted by Crippen LogP contribution is -2.11. The van der Waals surface area contributed by atoms with E-state index in [-0.39, 0.29) is 12.6 Å². The van der Waals surface area contributed by atoms with E-state index in [1.54, 1.807) is 6.92 Å². The molecule has 0 rings (SSSR count). The second-order valence-electron chi connectivity index (χ2n) is 2.95. The topological polar surface area (TPSA) is 88.3 Å². The maximum atomic E-state index is 10.0. The fourth-order valence-electron chi connectivity index (χ4n) is 1.00. The fourth-order valence-corrected chi connectivity index (χ4v) is 1.00. The second kappa shape index (κ2) is 8.73. The molecule has 0 bridgehead atoms. The number of aliphatic imine (C=N–C) groups is 3. The first kappa shape index (κ1) is 13.1. The average Bonchev–Trinajstić information content (AvgIpc) is 2.22. The van der Waals surface area contributed by atoms with Gasteiger partial charge in [-0.1, -0.05) is 0 Å². The Morgan fingerprint density at radius 1 is 1.00 bits per heavy atom. The Morgan fingerprint density at radius 2 is 1.67 bits per heavy atom. The van der Waals surface area contributed by atoms with Gasteiger partial charge in [0, 0.05) is 0 Å². The summed E-state index contributed by atoms with van der Waals surface area (Å²) in [5, 5.41) is 0. The summed E-state index contributed by atoms with van der Waals surface area (Å²) in [6, 6.07) is -0.569. The van der Waals surface area contributed by atoms with E-state index >= 15 is 0 Å². The summed E-state index contributed by atoms with van der Waals surface area (Å²) in [6.45, 7) is 1.85. The second-order valence-corrected chi connectivity index (χ2v) is 2.95. The van der Waals surface area contributed by atoms with Gasteiger partial charge in [0.2, 0.25) is 18.2 Å². The van der Waals surface area contributed by atoms with E-state index in [2.05, 4.69) is 15.0 Å². The molecule has 0 amide bonds. The lowest BCUT2D eigenvalue weighted by atomic mass is 10.1. The largest absolute Gasteiger partial charge is 0.235 e. The van der Waals surface area contributed by atoms with Crippen molar-refractivity contribution >= 4 is 18.2 Å². The zero-order chi connectivity index (χ0) is 11.5. The third-order valence-corrected chi connectivity index (χ3v) is 1.79. The summed E-state index contributed by atoms with van der Waals surface area (Å²) >= 11 is 0. The minimum Gasteiger partial charge on any atom is -0.211 e. The normalized spacial score (nSPS) is 12.6. The SMILES string of the molecule is CC(CCC(CN=C=O)N=C=O)N=C=O. The van der Waals surface area contributed by atoms with Gasteiger partial charge < -0.3 is 0 Å². The first-order valence-corrected chi connectivity index (χ1v) is 4.42. The third-order valence-electron chi connectivity index (χ3n) is 1.79. The van der Waals surface area contributed by atoms with E-state index in [1.807, 2.05) is 0 Å². The molecular formula is C9H11N3O3. The van der Waals surface area contributed by atoms with Crippen LogP contribution in [0.5, 0.6) is 0 Å². The molecule has 2 unspecified atom stereocenters. The van der Waals surface area contributed by atoms with E-state index in [0.29, 0.717) is 12.8 Å². The highest BCUT2D eigenvalue weighted by Crippen LogP contribution is 2.07. The van der Waals surface area contributed by atoms with Crippen LogP contribution >= 0.6 is 0 Å². The summed E-state index contributed by atoms with van der Waals surface area (Å²) in [4.78, 5) is 40.1. The number of hydrogen-bond acceptors (Lipinski definition) is 6. The summed E-state index contributed by atoms with van der Waals surface area (Å²) in [7, 11) is 0. The molecule has 15 heavy (non-hydrogen) atoms. The van der Waals surface area contributed by atoms with Crippen LogP contribution in [0.15, 0.2) is 15.0 Å². The molecule has 6 nitrogen and oxygen atoms in total. The first-order valence-electron chi connectivity index (χ1n) is 4.42. The van der Waals surface area contributed by atoms with Crippen molar-refractivity contribution < 1.29 is 14.4 Å². The molecule has 0 heterocycles. The first-order chi connectivity index (χ1) is 7.24. The monoisotopic (exact) mass is 209 g/mol. The number of carbonyl (C=O) groups excluding carboxylic acids is 3. The predicted molar refractivity (Wildman–Crippen MR) is 51.7 cm³/mol. The zero-order valence-electron chi connectivity index (χ0n) is 8.34. The molecule has 0 saturated heterocycles. The van der Waals surface area contributed by atoms with E-state index in [9.17, 15) is 14.4 Å². The number of rotatable bonds is 7. The van der Waals surface area contributed by atoms with Crippen LogP contribution in [0.3, 0.4) is 0 Å². The Hall–Kier alpha value is -1.86. The molecule has 0 fully saturated rings. The average molecular weight is 209 g/mol. The molecule has 0 aromatic rings. The van der Waals surface area contributed by atoms with Gasteiger partial charge in [-0.05, 0) is 19.8 Å². The van der Waals surface area contributed by atoms with Gasteiger partial charge in [0.1, 0.15) is 0 Å². The van der Waals surface area contributed by atoms with Crippen LogP contribution in [0.25, 0.3) is 0 Å². The number of nitrogens with zero attached hydrogens (tertiary/aromatic N) is 3. The molecule has 0 saturated carbocycles. The summed E-state index contributed by atoms with van der Waals surface area (Å²) in [5.41, 5.74) is 0. The van der Waals surface area contributed by atoms with Crippen LogP contribution in [0, 0.1) is 0 Å². The Bertz CT molecular complexity index is 323. The number of hydrogen-bond donors (Lipinski definition) is 0. The van der Waals surface area contributed by atoms with Gasteiger partial charge in [0.05, 0.1) is 18.6 Å². The van der Waals surface area contributed by atoms with Crippen molar-refractivity contribution in [1.82, 2.24) is 0 Å². The van der Waals surface area contributed by atoms with Gasteiger partial charge in [-0.2, -0.15) is 0 Å². The van der Waals surface area contributed by atoms with E-state index in [4.69, 9.17) is 0 Å². The summed E-state index contributed by atoms with van der Waals surface area (Å²) in [5.74, 6) is 0. The maximum Gasteiger partial charge on any atom is 0.235 e. The molecule has 0 spiro atoms. The van der Waals surface area contributed by atoms with E-state index < -0.39 is 6.04 Å². The highest BCUT2D eigenvalue weighted by Gasteiger charge is 2.08. The molecule has 2 atom stereocenters. The lowest BCUT2D eigenvalue weighted by Gasteiger charge is -2.07. The standard InChI is InChI=1S/C9H11N3O3/c1-8(11-6-14)2-3-9(12-7-15)4-10-5-13/h8-9H,2-4H2,1H3. The van der Waals surface area contributed by atoms with Crippen molar-refractivity contribution in [2.45, 2.75) is 31.8 Å². The van der Waals surface area contributed by atoms with Crippen molar-refractivity contribution in [3.63, 3.8) is 0 Å². The van der Waals surface area contributed by atoms with Gasteiger partial charge >= 0.3 is 0 Å². The van der Waals surface area contributed by atoms with Crippen LogP contribution in [-0.4, -0.2) is 36.9 Å². The fraction of sp³-hybridized carbons (Fsp3) is 0.667. The molecule has 80 valence electrons. The third kappa shape index (κ3) is 7.23. The molecule has 0 aromatic carbocycles. The van der Waals surface area contributed by atoms with Gasteiger partial charge in [0.15, 0.2) is 0 Å². The van der Waals surface area contributed by atoms with Gasteiger partial charge in [-0.15, -0.1) is 0 Å². The van der Waals surface area contributed by atoms with Crippen molar-refractivity contribution in [2.75, 3.05) is 6.54 Å². The summed E-state index contributed by atoms with van der Waals surface area (Å²) in [6.07, 6.45) is 5.30. The van der Waals surface area contributed by atoms with Crippen LogP contribution in [0.2, 0.25) is 0 Å². The van der Waals surface area contributed by atoms with Crippen LogP contribution in [0.4, 0.5) is 0 Å². The van der Waals surface area contributed by atoms with Crippen molar-refractivity contribution in [3.8, 4) is 0 Å². The van der Waals surface area contributed by atoms with Crippen LogP contribution < -0.4 is 0 Å². The highest BCUT2D eigenvalue weighted by atomic mass is 16.1. The minimum atomic E-state index is -0.395. The maximum absolute atomic E-state index is 10.0. The Labute approximate surface area is 86.8 Å². The van der Waals surface area contributed by atoms with E-state index in [1.165, 1.54) is 18.2 Å². The molecule has 0 aliphatic rings. The predicted octanol–water partition coefficient (Wildman–Crippen LogP) is 0.531. The number of isocyanates is 3. The molecule has 0 radical (unpaired) electrons. The van der Waals surface area contributed by atoms with Crippen molar-refractivity contribution in [2.24, 2.45) is 15.0 Å². The Balaban J connectivity index is 4.10. The quantitative estimate of drug-likeness (QED) is 0.452. The minimum absolute atomic E-state index is 0.107. The highest BCUT2D eigenvalue weighted by molar-refractivity contribution is 5.35. The molecule has 0 aliphatic heterocycles. The summed E-state index contributed by atoms with van der Waals surface area (Å²) < 4.78 is 0. The zero-order valence-corrected chi connectivity index (χ0v) is 8.34. The molecule has 6 heteroatoms.